The van der Waals surface area contributed by atoms with Gasteiger partial charge < -0.3 is 41.5 Å². The Balaban J connectivity index is 0.915. The molecule has 2 fully saturated rings. The number of aliphatic hydroxyl groups excluding tert-OH is 2. The summed E-state index contributed by atoms with van der Waals surface area (Å²) >= 11 is 7.19. The molecule has 2 aliphatic heterocycles. The van der Waals surface area contributed by atoms with Gasteiger partial charge in [-0.25, -0.2) is 34.9 Å². The van der Waals surface area contributed by atoms with Crippen LogP contribution in [0.25, 0.3) is 43.4 Å². The number of primary amides is 1. The first-order valence-corrected chi connectivity index (χ1v) is 34.9. The molecular formula is C64H62N12O10S6. The molecule has 5 amide bonds. The Hall–Kier alpha value is -8.22. The summed E-state index contributed by atoms with van der Waals surface area (Å²) in [5.74, 6) is -4.98. The molecule has 9 heterocycles. The summed E-state index contributed by atoms with van der Waals surface area (Å²) in [5.41, 5.74) is 10.5. The van der Waals surface area contributed by atoms with E-state index in [0.717, 1.165) is 46.6 Å². The van der Waals surface area contributed by atoms with Crippen molar-refractivity contribution in [2.45, 2.75) is 102 Å². The van der Waals surface area contributed by atoms with Crippen LogP contribution in [0.2, 0.25) is 0 Å². The van der Waals surface area contributed by atoms with Gasteiger partial charge in [0.15, 0.2) is 5.78 Å². The number of carbonyl (C=O) groups excluding carboxylic acids is 7. The Morgan fingerprint density at radius 1 is 0.707 bits per heavy atom. The number of carbonyl (C=O) groups is 7. The van der Waals surface area contributed by atoms with E-state index in [1.807, 2.05) is 48.9 Å². The van der Waals surface area contributed by atoms with Crippen LogP contribution in [0.5, 0.6) is 0 Å². The lowest BCUT2D eigenvalue weighted by Crippen LogP contribution is -2.50. The van der Waals surface area contributed by atoms with Crippen LogP contribution in [0.4, 0.5) is 0 Å². The first-order valence-electron chi connectivity index (χ1n) is 29.7. The number of amides is 5. The maximum absolute atomic E-state index is 15.3. The molecule has 474 valence electrons. The molecule has 7 N–H and O–H groups in total. The van der Waals surface area contributed by atoms with Crippen molar-refractivity contribution in [3.63, 3.8) is 0 Å². The number of aryl methyl sites for hydroxylation is 2. The molecule has 1 saturated carbocycles. The van der Waals surface area contributed by atoms with Gasteiger partial charge in [-0.05, 0) is 68.7 Å². The summed E-state index contributed by atoms with van der Waals surface area (Å²) in [6, 6.07) is 17.0. The number of Topliss-reactive ketones (excluding diaryl/α,β-unsaturated/α-hetero) is 1. The molecule has 12 rings (SSSR count). The molecule has 0 unspecified atom stereocenters. The highest BCUT2D eigenvalue weighted by Gasteiger charge is 2.46. The number of hydrogen-bond donors (Lipinski definition) is 6. The molecule has 28 heteroatoms. The summed E-state index contributed by atoms with van der Waals surface area (Å²) in [6.07, 6.45) is 0.118. The summed E-state index contributed by atoms with van der Waals surface area (Å²) in [4.78, 5) is 134. The predicted octanol–water partition coefficient (Wildman–Crippen LogP) is 9.49. The zero-order valence-corrected chi connectivity index (χ0v) is 55.0. The highest BCUT2D eigenvalue weighted by atomic mass is 32.1. The number of nitrogens with zero attached hydrogens (tertiary/aromatic N) is 8. The normalized spacial score (nSPS) is 21.6. The topological polar surface area (TPSA) is 325 Å². The predicted molar refractivity (Wildman–Crippen MR) is 350 cm³/mol. The standard InChI is InChI=1S/C64H62N12O10S6/c1-30-10-12-33(13-11-30)20-41-63(84)76-24-48(78)31(2)52(76)62-74-46(29-91-62)60-70-42(25-89-60)51-37(18-19-39(67-51)59-73-43(26-90-59)54(81)66-23-34-14-16-36(17-15-34)64(85)86-4)57-71-44(27-87-57)55(82)68-40(22-49(65)79)61-75-50(32(3)92-61)47(77)21-38(53(80)35-8-6-5-7-9-35)58-72-45(28-88-58)56(83)69-41/h5-13,18-19,25-29,31,34,36,38,40-41,48,52-53,78,80H,14-17,20-24H2,1-4H3,(H2,65,79)(H,66,81)(H,68,82)(H,69,83)/t31-,34?,36?,38-,40-,41-,48-,52-,53+/m0/s1. The van der Waals surface area contributed by atoms with Crippen LogP contribution in [0.3, 0.4) is 0 Å². The second-order valence-corrected chi connectivity index (χ2v) is 28.7. The average molecular weight is 1350 g/mol. The largest absolute Gasteiger partial charge is 0.469 e. The van der Waals surface area contributed by atoms with Crippen molar-refractivity contribution < 1.29 is 48.5 Å². The molecule has 2 aromatic carbocycles. The van der Waals surface area contributed by atoms with Crippen LogP contribution in [-0.2, 0) is 25.5 Å². The first kappa shape index (κ1) is 63.9. The van der Waals surface area contributed by atoms with Crippen molar-refractivity contribution in [1.82, 2.24) is 55.7 Å². The highest BCUT2D eigenvalue weighted by Crippen LogP contribution is 2.44. The Kier molecular flexibility index (Phi) is 19.1. The second kappa shape index (κ2) is 27.5. The average Bonchev–Trinajstić information content (AvgIpc) is 1.78. The number of methoxy groups -OCH3 is 1. The number of benzene rings is 2. The van der Waals surface area contributed by atoms with E-state index in [0.29, 0.717) is 78.2 Å². The number of fused-ring (bicyclic) bond motifs is 16. The van der Waals surface area contributed by atoms with E-state index in [-0.39, 0.29) is 82.3 Å². The van der Waals surface area contributed by atoms with E-state index >= 15 is 4.79 Å². The fourth-order valence-corrected chi connectivity index (χ4v) is 17.1. The minimum atomic E-state index is -1.28. The van der Waals surface area contributed by atoms with E-state index in [2.05, 4.69) is 16.0 Å². The van der Waals surface area contributed by atoms with E-state index in [1.54, 1.807) is 65.0 Å². The molecule has 7 atom stereocenters. The smallest absolute Gasteiger partial charge is 0.308 e. The fourth-order valence-electron chi connectivity index (χ4n) is 11.7. The highest BCUT2D eigenvalue weighted by molar-refractivity contribution is 7.15. The van der Waals surface area contributed by atoms with Crippen molar-refractivity contribution in [3.05, 3.63) is 153 Å². The SMILES string of the molecule is COC(=O)C1CCC(CNC(=O)c2csc(-c3ccc4c(n3)-c3csc(n3)-c3csc(n3)[C@@H]3[C@@H](C)[C@@H](O)CN3C(=O)[C@H](Cc3ccc(C)cc3)NC(=O)c3csc(n3)[C@H]([C@H](O)c3ccccc3)CC(=O)c3nc(sc3C)[C@H](CC(N)=O)NC(=O)c3csc-4n3)n2)CC1. The lowest BCUT2D eigenvalue weighted by Gasteiger charge is -2.29. The fraction of sp³-hybridized carbons (Fsp3) is 0.344. The number of nitrogens with two attached hydrogens (primary N) is 1. The Labute approximate surface area is 551 Å². The van der Waals surface area contributed by atoms with Crippen LogP contribution in [0, 0.1) is 31.6 Å². The minimum absolute atomic E-state index is 0.00131. The van der Waals surface area contributed by atoms with E-state index in [4.69, 9.17) is 45.4 Å². The Morgan fingerprint density at radius 3 is 2.11 bits per heavy atom. The van der Waals surface area contributed by atoms with Crippen LogP contribution < -0.4 is 21.7 Å². The second-order valence-electron chi connectivity index (χ2n) is 23.1. The van der Waals surface area contributed by atoms with Gasteiger partial charge in [0.25, 0.3) is 17.7 Å². The number of aromatic nitrogens is 7. The van der Waals surface area contributed by atoms with Gasteiger partial charge in [0.1, 0.15) is 70.9 Å². The quantitative estimate of drug-likeness (QED) is 0.0656. The number of ether oxygens (including phenoxy) is 1. The zero-order valence-electron chi connectivity index (χ0n) is 50.1. The summed E-state index contributed by atoms with van der Waals surface area (Å²) in [6.45, 7) is 5.88. The summed E-state index contributed by atoms with van der Waals surface area (Å²) in [7, 11) is 1.40. The van der Waals surface area contributed by atoms with Crippen LogP contribution in [0.1, 0.15) is 148 Å². The molecule has 7 aromatic heterocycles. The number of esters is 1. The van der Waals surface area contributed by atoms with Gasteiger partial charge >= 0.3 is 5.97 Å². The zero-order chi connectivity index (χ0) is 64.5. The van der Waals surface area contributed by atoms with Crippen molar-refractivity contribution >= 4 is 109 Å². The molecular weight excluding hydrogens is 1290 g/mol. The van der Waals surface area contributed by atoms with Crippen molar-refractivity contribution in [2.75, 3.05) is 20.2 Å². The lowest BCUT2D eigenvalue weighted by molar-refractivity contribution is -0.146. The summed E-state index contributed by atoms with van der Waals surface area (Å²) < 4.78 is 4.94. The first-order chi connectivity index (χ1) is 44.3. The van der Waals surface area contributed by atoms with Gasteiger partial charge in [0.05, 0.1) is 54.4 Å². The molecule has 1 aliphatic carbocycles. The Morgan fingerprint density at radius 2 is 1.36 bits per heavy atom. The lowest BCUT2D eigenvalue weighted by atomic mass is 9.82. The monoisotopic (exact) mass is 1350 g/mol. The van der Waals surface area contributed by atoms with Gasteiger partial charge in [-0.3, -0.25) is 33.6 Å². The number of hydrogen-bond acceptors (Lipinski definition) is 23. The van der Waals surface area contributed by atoms with Crippen molar-refractivity contribution in [1.29, 1.82) is 0 Å². The van der Waals surface area contributed by atoms with Crippen LogP contribution in [0.15, 0.2) is 93.6 Å². The molecule has 92 heavy (non-hydrogen) atoms. The van der Waals surface area contributed by atoms with Crippen LogP contribution in [-0.4, -0.2) is 124 Å². The maximum atomic E-state index is 15.3. The van der Waals surface area contributed by atoms with Crippen molar-refractivity contribution in [3.8, 4) is 43.4 Å². The van der Waals surface area contributed by atoms with Gasteiger partial charge in [-0.15, -0.1) is 68.0 Å². The number of thiazole rings is 6. The molecule has 0 radical (unpaired) electrons. The molecule has 1 saturated heterocycles. The van der Waals surface area contributed by atoms with Gasteiger partial charge in [-0.1, -0.05) is 67.1 Å². The number of pyridine rings is 1. The molecule has 0 spiro atoms. The minimum Gasteiger partial charge on any atom is -0.469 e. The number of nitrogens with one attached hydrogen (secondary N) is 3. The number of ketones is 1. The number of aliphatic hydroxyl groups is 2. The maximum Gasteiger partial charge on any atom is 0.308 e. The van der Waals surface area contributed by atoms with Gasteiger partial charge in [0, 0.05) is 75.1 Å². The van der Waals surface area contributed by atoms with Gasteiger partial charge in [-0.2, -0.15) is 0 Å². The third kappa shape index (κ3) is 13.8. The summed E-state index contributed by atoms with van der Waals surface area (Å²) in [5, 5.41) is 43.3. The van der Waals surface area contributed by atoms with E-state index < -0.39 is 71.6 Å². The van der Waals surface area contributed by atoms with Crippen molar-refractivity contribution in [2.24, 2.45) is 23.5 Å². The van der Waals surface area contributed by atoms with Crippen LogP contribution >= 0.6 is 68.0 Å². The van der Waals surface area contributed by atoms with E-state index in [1.165, 1.54) is 57.8 Å². The third-order valence-electron chi connectivity index (χ3n) is 16.8. The number of rotatable bonds is 11. The molecule has 22 nitrogen and oxygen atoms in total. The van der Waals surface area contributed by atoms with Gasteiger partial charge in [0.2, 0.25) is 11.8 Å². The third-order valence-corrected chi connectivity index (χ3v) is 22.4. The molecule has 9 aromatic rings. The molecule has 10 bridgehead atoms. The molecule has 3 aliphatic rings. The Bertz CT molecular complexity index is 4250. The van der Waals surface area contributed by atoms with E-state index in [9.17, 15) is 39.0 Å².